The van der Waals surface area contributed by atoms with Crippen molar-refractivity contribution < 1.29 is 9.90 Å². The molecule has 0 amide bonds. The van der Waals surface area contributed by atoms with Gasteiger partial charge in [-0.05, 0) is 37.3 Å². The topological polar surface area (TPSA) is 37.3 Å². The van der Waals surface area contributed by atoms with E-state index in [-0.39, 0.29) is 0 Å². The molecule has 0 saturated heterocycles. The van der Waals surface area contributed by atoms with Crippen molar-refractivity contribution >= 4 is 17.7 Å². The van der Waals surface area contributed by atoms with Crippen LogP contribution in [-0.2, 0) is 4.79 Å². The molecule has 0 radical (unpaired) electrons. The molecule has 1 aromatic carbocycles. The van der Waals surface area contributed by atoms with E-state index < -0.39 is 11.9 Å². The van der Waals surface area contributed by atoms with Crippen LogP contribution in [0.15, 0.2) is 23.1 Å². The Labute approximate surface area is 88.3 Å². The molecule has 0 bridgehead atoms. The Kier molecular flexibility index (Phi) is 3.58. The lowest BCUT2D eigenvalue weighted by Crippen LogP contribution is -2.08. The van der Waals surface area contributed by atoms with Crippen LogP contribution in [0.5, 0.6) is 0 Å². The summed E-state index contributed by atoms with van der Waals surface area (Å²) in [6.45, 7) is 3.72. The number of carboxylic acids is 1. The van der Waals surface area contributed by atoms with Crippen LogP contribution in [-0.4, -0.2) is 17.3 Å². The monoisotopic (exact) mass is 210 g/mol. The zero-order valence-corrected chi connectivity index (χ0v) is 9.39. The molecule has 1 atom stereocenters. The number of carbonyl (C=O) groups is 1. The zero-order chi connectivity index (χ0) is 10.7. The third kappa shape index (κ3) is 2.29. The van der Waals surface area contributed by atoms with Crippen LogP contribution in [0, 0.1) is 6.92 Å². The van der Waals surface area contributed by atoms with Gasteiger partial charge >= 0.3 is 5.97 Å². The number of aliphatic carboxylic acids is 1. The van der Waals surface area contributed by atoms with Crippen molar-refractivity contribution in [3.8, 4) is 0 Å². The predicted octanol–water partition coefficient (Wildman–Crippen LogP) is 2.91. The van der Waals surface area contributed by atoms with Gasteiger partial charge < -0.3 is 5.11 Å². The fourth-order valence-electron chi connectivity index (χ4n) is 1.31. The lowest BCUT2D eigenvalue weighted by Gasteiger charge is -2.11. The van der Waals surface area contributed by atoms with Crippen molar-refractivity contribution in [3.05, 3.63) is 29.3 Å². The van der Waals surface area contributed by atoms with Gasteiger partial charge in [-0.25, -0.2) is 0 Å². The van der Waals surface area contributed by atoms with Gasteiger partial charge in [-0.15, -0.1) is 11.8 Å². The molecule has 0 saturated carbocycles. The van der Waals surface area contributed by atoms with Crippen molar-refractivity contribution in [2.45, 2.75) is 24.7 Å². The molecule has 1 rings (SSSR count). The molecule has 1 aromatic rings. The molecule has 0 aromatic heterocycles. The molecule has 0 aliphatic rings. The minimum absolute atomic E-state index is 0.432. The van der Waals surface area contributed by atoms with Crippen molar-refractivity contribution in [1.82, 2.24) is 0 Å². The standard InChI is InChI=1S/C11H14O2S/c1-7-4-5-9(8(2)11(12)13)10(6-7)14-3/h4-6,8H,1-3H3,(H,12,13). The molecule has 3 heteroatoms. The van der Waals surface area contributed by atoms with Gasteiger partial charge in [0.25, 0.3) is 0 Å². The molecule has 1 unspecified atom stereocenters. The third-order valence-corrected chi connectivity index (χ3v) is 3.02. The van der Waals surface area contributed by atoms with Crippen LogP contribution in [0.1, 0.15) is 24.0 Å². The predicted molar refractivity (Wildman–Crippen MR) is 59.0 cm³/mol. The summed E-state index contributed by atoms with van der Waals surface area (Å²) in [5.41, 5.74) is 2.06. The van der Waals surface area contributed by atoms with Gasteiger partial charge in [0.15, 0.2) is 0 Å². The molecule has 76 valence electrons. The number of hydrogen-bond donors (Lipinski definition) is 1. The summed E-state index contributed by atoms with van der Waals surface area (Å²) in [5.74, 6) is -1.21. The van der Waals surface area contributed by atoms with Crippen LogP contribution < -0.4 is 0 Å². The first-order valence-electron chi connectivity index (χ1n) is 4.43. The molecule has 2 nitrogen and oxygen atoms in total. The first-order valence-corrected chi connectivity index (χ1v) is 5.66. The fourth-order valence-corrected chi connectivity index (χ4v) is 2.09. The van der Waals surface area contributed by atoms with Crippen molar-refractivity contribution in [2.75, 3.05) is 6.26 Å². The molecule has 0 aliphatic carbocycles. The van der Waals surface area contributed by atoms with E-state index in [2.05, 4.69) is 0 Å². The van der Waals surface area contributed by atoms with E-state index in [0.717, 1.165) is 16.0 Å². The molecule has 0 spiro atoms. The van der Waals surface area contributed by atoms with E-state index >= 15 is 0 Å². The summed E-state index contributed by atoms with van der Waals surface area (Å²) in [5, 5.41) is 8.92. The fraction of sp³-hybridized carbons (Fsp3) is 0.364. The van der Waals surface area contributed by atoms with Crippen molar-refractivity contribution in [1.29, 1.82) is 0 Å². The highest BCUT2D eigenvalue weighted by Gasteiger charge is 2.16. The number of hydrogen-bond acceptors (Lipinski definition) is 2. The largest absolute Gasteiger partial charge is 0.481 e. The maximum Gasteiger partial charge on any atom is 0.310 e. The Balaban J connectivity index is 3.13. The smallest absolute Gasteiger partial charge is 0.310 e. The lowest BCUT2D eigenvalue weighted by atomic mass is 10.0. The highest BCUT2D eigenvalue weighted by molar-refractivity contribution is 7.98. The summed E-state index contributed by atoms with van der Waals surface area (Å²) in [4.78, 5) is 11.9. The Morgan fingerprint density at radius 1 is 1.50 bits per heavy atom. The van der Waals surface area contributed by atoms with E-state index in [1.54, 1.807) is 18.7 Å². The molecule has 1 N–H and O–H groups in total. The minimum atomic E-state index is -0.774. The molecule has 0 fully saturated rings. The second-order valence-electron chi connectivity index (χ2n) is 3.31. The van der Waals surface area contributed by atoms with Gasteiger partial charge in [-0.1, -0.05) is 12.1 Å². The van der Waals surface area contributed by atoms with E-state index in [4.69, 9.17) is 5.11 Å². The van der Waals surface area contributed by atoms with Crippen molar-refractivity contribution in [2.24, 2.45) is 0 Å². The average molecular weight is 210 g/mol. The summed E-state index contributed by atoms with van der Waals surface area (Å²) >= 11 is 1.59. The Morgan fingerprint density at radius 2 is 2.14 bits per heavy atom. The van der Waals surface area contributed by atoms with Gasteiger partial charge in [0, 0.05) is 4.90 Å². The maximum absolute atomic E-state index is 10.8. The molecule has 0 aliphatic heterocycles. The number of benzene rings is 1. The second-order valence-corrected chi connectivity index (χ2v) is 4.15. The highest BCUT2D eigenvalue weighted by atomic mass is 32.2. The van der Waals surface area contributed by atoms with E-state index in [9.17, 15) is 4.79 Å². The van der Waals surface area contributed by atoms with Gasteiger partial charge in [0.2, 0.25) is 0 Å². The summed E-state index contributed by atoms with van der Waals surface area (Å²) in [6.07, 6.45) is 1.97. The summed E-state index contributed by atoms with van der Waals surface area (Å²) in [7, 11) is 0. The van der Waals surface area contributed by atoms with Crippen LogP contribution in [0.2, 0.25) is 0 Å². The number of carboxylic acid groups (broad SMARTS) is 1. The van der Waals surface area contributed by atoms with Gasteiger partial charge in [0.1, 0.15) is 0 Å². The zero-order valence-electron chi connectivity index (χ0n) is 8.57. The first kappa shape index (κ1) is 11.1. The van der Waals surface area contributed by atoms with Crippen LogP contribution >= 0.6 is 11.8 Å². The van der Waals surface area contributed by atoms with Crippen LogP contribution in [0.25, 0.3) is 0 Å². The molecular formula is C11H14O2S. The summed E-state index contributed by atoms with van der Waals surface area (Å²) in [6, 6.07) is 5.88. The third-order valence-electron chi connectivity index (χ3n) is 2.23. The van der Waals surface area contributed by atoms with E-state index in [1.165, 1.54) is 0 Å². The van der Waals surface area contributed by atoms with Crippen molar-refractivity contribution in [3.63, 3.8) is 0 Å². The molecular weight excluding hydrogens is 196 g/mol. The maximum atomic E-state index is 10.8. The van der Waals surface area contributed by atoms with Gasteiger partial charge in [-0.3, -0.25) is 4.79 Å². The Morgan fingerprint density at radius 3 is 2.64 bits per heavy atom. The minimum Gasteiger partial charge on any atom is -0.481 e. The molecule has 14 heavy (non-hydrogen) atoms. The van der Waals surface area contributed by atoms with Crippen LogP contribution in [0.4, 0.5) is 0 Å². The lowest BCUT2D eigenvalue weighted by molar-refractivity contribution is -0.138. The molecule has 0 heterocycles. The quantitative estimate of drug-likeness (QED) is 0.779. The number of rotatable bonds is 3. The van der Waals surface area contributed by atoms with E-state index in [0.29, 0.717) is 0 Å². The second kappa shape index (κ2) is 4.51. The Bertz CT molecular complexity index is 347. The summed E-state index contributed by atoms with van der Waals surface area (Å²) < 4.78 is 0. The van der Waals surface area contributed by atoms with Gasteiger partial charge in [-0.2, -0.15) is 0 Å². The number of aryl methyl sites for hydroxylation is 1. The normalized spacial score (nSPS) is 12.5. The highest BCUT2D eigenvalue weighted by Crippen LogP contribution is 2.28. The first-order chi connectivity index (χ1) is 6.56. The van der Waals surface area contributed by atoms with Crippen LogP contribution in [0.3, 0.4) is 0 Å². The average Bonchev–Trinajstić information content (AvgIpc) is 2.16. The van der Waals surface area contributed by atoms with E-state index in [1.807, 2.05) is 31.4 Å². The SMILES string of the molecule is CSc1cc(C)ccc1C(C)C(=O)O. The van der Waals surface area contributed by atoms with Gasteiger partial charge in [0.05, 0.1) is 5.92 Å². The Hall–Kier alpha value is -0.960. The number of thioether (sulfide) groups is 1.